The Balaban J connectivity index is 1.45. The van der Waals surface area contributed by atoms with Crippen LogP contribution in [-0.4, -0.2) is 11.9 Å². The summed E-state index contributed by atoms with van der Waals surface area (Å²) < 4.78 is 0. The van der Waals surface area contributed by atoms with Gasteiger partial charge in [0, 0.05) is 22.5 Å². The summed E-state index contributed by atoms with van der Waals surface area (Å²) in [5.41, 5.74) is 10.4. The van der Waals surface area contributed by atoms with Crippen LogP contribution < -0.4 is 21.7 Å². The second-order valence-corrected chi connectivity index (χ2v) is 8.91. The molecule has 0 spiro atoms. The monoisotopic (exact) mass is 481 g/mol. The number of benzene rings is 3. The quantitative estimate of drug-likeness (QED) is 0.183. The number of nitrogens with two attached hydrogens (primary N) is 1. The number of rotatable bonds is 6. The van der Waals surface area contributed by atoms with Crippen LogP contribution in [0.4, 0.5) is 32.5 Å². The second kappa shape index (κ2) is 10.5. The van der Waals surface area contributed by atoms with Crippen molar-refractivity contribution in [2.75, 3.05) is 21.7 Å². The summed E-state index contributed by atoms with van der Waals surface area (Å²) in [5, 5.41) is 8.89. The maximum absolute atomic E-state index is 12.6. The van der Waals surface area contributed by atoms with Crippen LogP contribution in [-0.2, 0) is 6.42 Å². The number of hydrogen-bond acceptors (Lipinski definition) is 4. The maximum atomic E-state index is 12.6. The Morgan fingerprint density at radius 1 is 0.914 bits per heavy atom. The fraction of sp³-hybridized carbons (Fsp3) is 0.0741. The molecule has 0 saturated heterocycles. The highest BCUT2D eigenvalue weighted by Gasteiger charge is 2.18. The van der Waals surface area contributed by atoms with Gasteiger partial charge in [0.15, 0.2) is 0 Å². The topological polar surface area (TPSA) is 101 Å². The highest BCUT2D eigenvalue weighted by atomic mass is 32.1. The molecule has 8 heteroatoms. The van der Waals surface area contributed by atoms with Crippen LogP contribution in [0.15, 0.2) is 78.9 Å². The van der Waals surface area contributed by atoms with Gasteiger partial charge < -0.3 is 21.7 Å². The molecular weight excluding hydrogens is 458 g/mol. The van der Waals surface area contributed by atoms with Gasteiger partial charge in [-0.1, -0.05) is 42.5 Å². The van der Waals surface area contributed by atoms with E-state index in [9.17, 15) is 9.59 Å². The number of carbonyl (C=O) groups excluding carboxylic acids is 2. The molecule has 0 aliphatic rings. The van der Waals surface area contributed by atoms with Gasteiger partial charge in [0.2, 0.25) is 5.69 Å². The first-order chi connectivity index (χ1) is 16.9. The van der Waals surface area contributed by atoms with E-state index in [1.54, 1.807) is 36.4 Å². The standard InChI is InChI=1S/C27H23N5O2S/c1-17-23(35-26(24(17)29-2)32-27(34)30-20-8-4-3-5-9-20)16-18-12-14-19(15-13-18)25(33)31-22-11-7-6-10-21(22)28/h3-15H,16,28H2,1H3,(H,31,33)(H2,30,32,34). The normalized spacial score (nSPS) is 10.3. The Kier molecular flexibility index (Phi) is 7.10. The second-order valence-electron chi connectivity index (χ2n) is 7.80. The average Bonchev–Trinajstić information content (AvgIpc) is 3.14. The van der Waals surface area contributed by atoms with Gasteiger partial charge in [-0.05, 0) is 54.4 Å². The first-order valence-corrected chi connectivity index (χ1v) is 11.6. The van der Waals surface area contributed by atoms with E-state index >= 15 is 0 Å². The fourth-order valence-corrected chi connectivity index (χ4v) is 4.66. The molecule has 1 aromatic heterocycles. The summed E-state index contributed by atoms with van der Waals surface area (Å²) in [4.78, 5) is 29.6. The van der Waals surface area contributed by atoms with Crippen LogP contribution in [0.3, 0.4) is 0 Å². The van der Waals surface area contributed by atoms with Crippen molar-refractivity contribution in [1.82, 2.24) is 0 Å². The van der Waals surface area contributed by atoms with Crippen molar-refractivity contribution < 1.29 is 9.59 Å². The molecule has 0 saturated carbocycles. The Hall–Kier alpha value is -4.61. The van der Waals surface area contributed by atoms with Crippen LogP contribution >= 0.6 is 11.3 Å². The largest absolute Gasteiger partial charge is 0.397 e. The van der Waals surface area contributed by atoms with Crippen LogP contribution in [0.2, 0.25) is 0 Å². The summed E-state index contributed by atoms with van der Waals surface area (Å²) >= 11 is 1.38. The number of anilines is 4. The molecule has 3 amide bonds. The minimum Gasteiger partial charge on any atom is -0.397 e. The number of nitrogen functional groups attached to an aromatic ring is 1. The van der Waals surface area contributed by atoms with Gasteiger partial charge in [-0.25, -0.2) is 9.64 Å². The lowest BCUT2D eigenvalue weighted by atomic mass is 10.1. The van der Waals surface area contributed by atoms with Crippen LogP contribution in [0.5, 0.6) is 0 Å². The summed E-state index contributed by atoms with van der Waals surface area (Å²) in [5.74, 6) is -0.243. The van der Waals surface area contributed by atoms with Crippen molar-refractivity contribution in [2.45, 2.75) is 13.3 Å². The zero-order valence-electron chi connectivity index (χ0n) is 19.0. The lowest BCUT2D eigenvalue weighted by Crippen LogP contribution is -2.18. The summed E-state index contributed by atoms with van der Waals surface area (Å²) in [6.07, 6.45) is 0.578. The average molecular weight is 482 g/mol. The molecule has 0 bridgehead atoms. The van der Waals surface area contributed by atoms with E-state index in [0.717, 1.165) is 16.0 Å². The van der Waals surface area contributed by atoms with Gasteiger partial charge in [-0.15, -0.1) is 11.3 Å². The molecule has 0 unspecified atom stereocenters. The molecule has 3 aromatic carbocycles. The highest BCUT2D eigenvalue weighted by Crippen LogP contribution is 2.41. The highest BCUT2D eigenvalue weighted by molar-refractivity contribution is 7.17. The lowest BCUT2D eigenvalue weighted by Gasteiger charge is -2.08. The number of amides is 3. The Bertz CT molecular complexity index is 1410. The maximum Gasteiger partial charge on any atom is 0.323 e. The van der Waals surface area contributed by atoms with Gasteiger partial charge in [0.1, 0.15) is 5.00 Å². The molecule has 4 aromatic rings. The predicted molar refractivity (Wildman–Crippen MR) is 142 cm³/mol. The Labute approximate surface area is 207 Å². The molecule has 7 nitrogen and oxygen atoms in total. The van der Waals surface area contributed by atoms with E-state index in [1.807, 2.05) is 49.4 Å². The minimum absolute atomic E-state index is 0.243. The number of nitrogens with zero attached hydrogens (tertiary/aromatic N) is 1. The third-order valence-corrected chi connectivity index (χ3v) is 6.57. The van der Waals surface area contributed by atoms with Crippen molar-refractivity contribution in [3.05, 3.63) is 112 Å². The molecular formula is C27H23N5O2S. The van der Waals surface area contributed by atoms with E-state index < -0.39 is 6.03 Å². The molecule has 5 N–H and O–H groups in total. The molecule has 0 fully saturated rings. The van der Waals surface area contributed by atoms with Crippen molar-refractivity contribution in [3.63, 3.8) is 0 Å². The number of urea groups is 1. The Morgan fingerprint density at radius 2 is 1.60 bits per heavy atom. The van der Waals surface area contributed by atoms with E-state index in [4.69, 9.17) is 12.3 Å². The van der Waals surface area contributed by atoms with Crippen LogP contribution in [0.25, 0.3) is 4.85 Å². The van der Waals surface area contributed by atoms with Gasteiger partial charge in [0.05, 0.1) is 17.9 Å². The van der Waals surface area contributed by atoms with Gasteiger partial charge in [-0.3, -0.25) is 4.79 Å². The van der Waals surface area contributed by atoms with E-state index in [0.29, 0.717) is 39.7 Å². The van der Waals surface area contributed by atoms with E-state index in [-0.39, 0.29) is 5.91 Å². The number of hydrogen-bond donors (Lipinski definition) is 4. The predicted octanol–water partition coefficient (Wildman–Crippen LogP) is 6.68. The van der Waals surface area contributed by atoms with Crippen molar-refractivity contribution in [2.24, 2.45) is 0 Å². The molecule has 0 aliphatic carbocycles. The van der Waals surface area contributed by atoms with Gasteiger partial charge >= 0.3 is 6.03 Å². The molecule has 0 radical (unpaired) electrons. The summed E-state index contributed by atoms with van der Waals surface area (Å²) in [6.45, 7) is 9.45. The third-order valence-electron chi connectivity index (χ3n) is 5.37. The van der Waals surface area contributed by atoms with E-state index in [2.05, 4.69) is 20.8 Å². The number of nitrogens with one attached hydrogen (secondary N) is 3. The van der Waals surface area contributed by atoms with Crippen LogP contribution in [0, 0.1) is 13.5 Å². The van der Waals surface area contributed by atoms with Gasteiger partial charge in [-0.2, -0.15) is 0 Å². The summed E-state index contributed by atoms with van der Waals surface area (Å²) in [7, 11) is 0. The SMILES string of the molecule is [C-]#[N+]c1c(NC(=O)Nc2ccccc2)sc(Cc2ccc(C(=O)Nc3ccccc3N)cc2)c1C. The lowest BCUT2D eigenvalue weighted by molar-refractivity contribution is 0.102. The number of para-hydroxylation sites is 3. The first kappa shape index (κ1) is 23.5. The van der Waals surface area contributed by atoms with Crippen molar-refractivity contribution in [1.29, 1.82) is 0 Å². The first-order valence-electron chi connectivity index (χ1n) is 10.8. The van der Waals surface area contributed by atoms with Gasteiger partial charge in [0.25, 0.3) is 5.91 Å². The molecule has 1 heterocycles. The third kappa shape index (κ3) is 5.66. The Morgan fingerprint density at radius 3 is 2.29 bits per heavy atom. The van der Waals surface area contributed by atoms with E-state index in [1.165, 1.54) is 11.3 Å². The molecule has 4 rings (SSSR count). The number of thiophene rings is 1. The van der Waals surface area contributed by atoms with Crippen LogP contribution in [0.1, 0.15) is 26.4 Å². The smallest absolute Gasteiger partial charge is 0.323 e. The summed E-state index contributed by atoms with van der Waals surface area (Å²) in [6, 6.07) is 23.1. The zero-order chi connectivity index (χ0) is 24.8. The molecule has 174 valence electrons. The number of carbonyl (C=O) groups is 2. The molecule has 0 atom stereocenters. The molecule has 0 aliphatic heterocycles. The van der Waals surface area contributed by atoms with Crippen molar-refractivity contribution in [3.8, 4) is 0 Å². The molecule has 35 heavy (non-hydrogen) atoms. The zero-order valence-corrected chi connectivity index (χ0v) is 19.8. The fourth-order valence-electron chi connectivity index (χ4n) is 3.49. The van der Waals surface area contributed by atoms with Crippen molar-refractivity contribution >= 4 is 51.0 Å². The minimum atomic E-state index is -0.400.